The molecule has 120 valence electrons. The number of rotatable bonds is 5. The van der Waals surface area contributed by atoms with Gasteiger partial charge in [0.25, 0.3) is 10.0 Å². The Hall–Kier alpha value is -2.61. The Kier molecular flexibility index (Phi) is 3.91. The molecule has 0 atom stereocenters. The maximum atomic E-state index is 12.4. The van der Waals surface area contributed by atoms with Gasteiger partial charge in [0.05, 0.1) is 18.4 Å². The second kappa shape index (κ2) is 5.88. The van der Waals surface area contributed by atoms with Crippen molar-refractivity contribution in [1.29, 1.82) is 0 Å². The van der Waals surface area contributed by atoms with E-state index in [9.17, 15) is 8.42 Å². The van der Waals surface area contributed by atoms with Crippen LogP contribution in [0.25, 0.3) is 0 Å². The Balaban J connectivity index is 1.77. The monoisotopic (exact) mass is 331 g/mol. The molecule has 1 N–H and O–H groups in total. The molecule has 0 amide bonds. The molecule has 3 rings (SSSR count). The molecule has 2 aromatic heterocycles. The summed E-state index contributed by atoms with van der Waals surface area (Å²) in [5.41, 5.74) is 1.66. The van der Waals surface area contributed by atoms with Gasteiger partial charge in [-0.2, -0.15) is 10.2 Å². The molecule has 0 fully saturated rings. The van der Waals surface area contributed by atoms with E-state index in [1.165, 1.54) is 10.9 Å². The molecule has 0 saturated carbocycles. The van der Waals surface area contributed by atoms with E-state index in [-0.39, 0.29) is 10.7 Å². The molecule has 0 radical (unpaired) electrons. The van der Waals surface area contributed by atoms with Gasteiger partial charge in [0.2, 0.25) is 0 Å². The molecule has 1 aromatic carbocycles. The first kappa shape index (κ1) is 15.3. The topological polar surface area (TPSA) is 81.8 Å². The second-order valence-corrected chi connectivity index (χ2v) is 6.86. The van der Waals surface area contributed by atoms with Gasteiger partial charge in [0.15, 0.2) is 5.82 Å². The normalized spacial score (nSPS) is 11.6. The van der Waals surface area contributed by atoms with Crippen molar-refractivity contribution in [3.8, 4) is 0 Å². The van der Waals surface area contributed by atoms with Gasteiger partial charge in [-0.15, -0.1) is 0 Å². The lowest BCUT2D eigenvalue weighted by Crippen LogP contribution is -2.14. The number of hydrogen-bond donors (Lipinski definition) is 1. The van der Waals surface area contributed by atoms with Crippen LogP contribution in [0.1, 0.15) is 11.3 Å². The number of benzene rings is 1. The highest BCUT2D eigenvalue weighted by atomic mass is 32.2. The van der Waals surface area contributed by atoms with E-state index in [1.807, 2.05) is 30.3 Å². The summed E-state index contributed by atoms with van der Waals surface area (Å²) in [6.07, 6.45) is 3.07. The molecule has 0 aliphatic heterocycles. The molecule has 2 heterocycles. The van der Waals surface area contributed by atoms with Gasteiger partial charge < -0.3 is 0 Å². The van der Waals surface area contributed by atoms with Crippen molar-refractivity contribution in [1.82, 2.24) is 19.6 Å². The highest BCUT2D eigenvalue weighted by Crippen LogP contribution is 2.17. The van der Waals surface area contributed by atoms with Crippen molar-refractivity contribution in [2.45, 2.75) is 18.4 Å². The van der Waals surface area contributed by atoms with E-state index < -0.39 is 10.0 Å². The van der Waals surface area contributed by atoms with Crippen molar-refractivity contribution in [2.24, 2.45) is 7.05 Å². The number of nitrogens with one attached hydrogen (secondary N) is 1. The average Bonchev–Trinajstić information content (AvgIpc) is 3.07. The molecular formula is C15H17N5O2S. The minimum atomic E-state index is -3.69. The quantitative estimate of drug-likeness (QED) is 0.772. The first-order chi connectivity index (χ1) is 11.0. The molecule has 3 aromatic rings. The SMILES string of the molecule is Cc1c(S(=O)(=O)Nc2ccn(Cc3ccccc3)n2)cnn1C. The van der Waals surface area contributed by atoms with Gasteiger partial charge in [-0.05, 0) is 12.5 Å². The molecule has 0 unspecified atom stereocenters. The Labute approximate surface area is 134 Å². The summed E-state index contributed by atoms with van der Waals surface area (Å²) in [4.78, 5) is 0.151. The first-order valence-corrected chi connectivity index (χ1v) is 8.53. The van der Waals surface area contributed by atoms with E-state index in [0.29, 0.717) is 12.2 Å². The number of sulfonamides is 1. The van der Waals surface area contributed by atoms with Crippen molar-refractivity contribution in [3.63, 3.8) is 0 Å². The third kappa shape index (κ3) is 3.26. The molecule has 0 spiro atoms. The van der Waals surface area contributed by atoms with Gasteiger partial charge in [0, 0.05) is 19.3 Å². The molecule has 0 saturated heterocycles. The van der Waals surface area contributed by atoms with E-state index in [1.54, 1.807) is 30.9 Å². The second-order valence-electron chi connectivity index (χ2n) is 5.21. The van der Waals surface area contributed by atoms with Gasteiger partial charge in [-0.25, -0.2) is 8.42 Å². The smallest absolute Gasteiger partial charge is 0.266 e. The van der Waals surface area contributed by atoms with Gasteiger partial charge in [-0.1, -0.05) is 30.3 Å². The third-order valence-electron chi connectivity index (χ3n) is 3.55. The van der Waals surface area contributed by atoms with Crippen LogP contribution in [-0.4, -0.2) is 28.0 Å². The van der Waals surface area contributed by atoms with Gasteiger partial charge >= 0.3 is 0 Å². The van der Waals surface area contributed by atoms with E-state index in [0.717, 1.165) is 5.56 Å². The zero-order valence-corrected chi connectivity index (χ0v) is 13.7. The number of nitrogens with zero attached hydrogens (tertiary/aromatic N) is 4. The number of aromatic nitrogens is 4. The van der Waals surface area contributed by atoms with Crippen LogP contribution in [0.2, 0.25) is 0 Å². The van der Waals surface area contributed by atoms with E-state index in [2.05, 4.69) is 14.9 Å². The molecule has 7 nitrogen and oxygen atoms in total. The number of hydrogen-bond acceptors (Lipinski definition) is 4. The third-order valence-corrected chi connectivity index (χ3v) is 5.00. The van der Waals surface area contributed by atoms with Crippen LogP contribution in [0.3, 0.4) is 0 Å². The maximum absolute atomic E-state index is 12.4. The standard InChI is InChI=1S/C15H17N5O2S/c1-12-14(10-16-19(12)2)23(21,22)18-15-8-9-20(17-15)11-13-6-4-3-5-7-13/h3-10H,11H2,1-2H3,(H,17,18). The summed E-state index contributed by atoms with van der Waals surface area (Å²) >= 11 is 0. The maximum Gasteiger partial charge on any atom is 0.266 e. The van der Waals surface area contributed by atoms with E-state index >= 15 is 0 Å². The summed E-state index contributed by atoms with van der Waals surface area (Å²) in [7, 11) is -1.99. The van der Waals surface area contributed by atoms with Crippen LogP contribution in [0.5, 0.6) is 0 Å². The summed E-state index contributed by atoms with van der Waals surface area (Å²) in [5, 5.41) is 8.21. The summed E-state index contributed by atoms with van der Waals surface area (Å²) < 4.78 is 30.5. The molecule has 0 bridgehead atoms. The zero-order valence-electron chi connectivity index (χ0n) is 12.8. The largest absolute Gasteiger partial charge is 0.272 e. The lowest BCUT2D eigenvalue weighted by atomic mass is 10.2. The van der Waals surface area contributed by atoms with Crippen LogP contribution in [0.4, 0.5) is 5.82 Å². The predicted octanol–water partition coefficient (Wildman–Crippen LogP) is 1.77. The zero-order chi connectivity index (χ0) is 16.4. The molecule has 0 aliphatic carbocycles. The van der Waals surface area contributed by atoms with E-state index in [4.69, 9.17) is 0 Å². The van der Waals surface area contributed by atoms with Crippen LogP contribution in [0, 0.1) is 6.92 Å². The van der Waals surface area contributed by atoms with Crippen LogP contribution >= 0.6 is 0 Å². The summed E-state index contributed by atoms with van der Waals surface area (Å²) in [6.45, 7) is 2.28. The number of anilines is 1. The van der Waals surface area contributed by atoms with Crippen LogP contribution < -0.4 is 4.72 Å². The van der Waals surface area contributed by atoms with Gasteiger partial charge in [-0.3, -0.25) is 14.1 Å². The van der Waals surface area contributed by atoms with Crippen LogP contribution in [-0.2, 0) is 23.6 Å². The fraction of sp³-hybridized carbons (Fsp3) is 0.200. The highest BCUT2D eigenvalue weighted by molar-refractivity contribution is 7.92. The first-order valence-electron chi connectivity index (χ1n) is 7.04. The molecule has 0 aliphatic rings. The Morgan fingerprint density at radius 3 is 2.57 bits per heavy atom. The van der Waals surface area contributed by atoms with Crippen molar-refractivity contribution < 1.29 is 8.42 Å². The van der Waals surface area contributed by atoms with Crippen molar-refractivity contribution >= 4 is 15.8 Å². The lowest BCUT2D eigenvalue weighted by molar-refractivity contribution is 0.599. The number of aryl methyl sites for hydroxylation is 1. The molecular weight excluding hydrogens is 314 g/mol. The lowest BCUT2D eigenvalue weighted by Gasteiger charge is -2.05. The summed E-state index contributed by atoms with van der Waals surface area (Å²) in [5.74, 6) is 0.282. The fourth-order valence-electron chi connectivity index (χ4n) is 2.21. The van der Waals surface area contributed by atoms with Crippen molar-refractivity contribution in [3.05, 3.63) is 60.0 Å². The van der Waals surface area contributed by atoms with Crippen LogP contribution in [0.15, 0.2) is 53.7 Å². The Morgan fingerprint density at radius 2 is 1.91 bits per heavy atom. The molecule has 23 heavy (non-hydrogen) atoms. The molecule has 8 heteroatoms. The Bertz CT molecular complexity index is 913. The van der Waals surface area contributed by atoms with Crippen molar-refractivity contribution in [2.75, 3.05) is 4.72 Å². The highest BCUT2D eigenvalue weighted by Gasteiger charge is 2.21. The van der Waals surface area contributed by atoms with Gasteiger partial charge in [0.1, 0.15) is 4.90 Å². The fourth-order valence-corrected chi connectivity index (χ4v) is 3.41. The average molecular weight is 331 g/mol. The minimum Gasteiger partial charge on any atom is -0.272 e. The minimum absolute atomic E-state index is 0.151. The summed E-state index contributed by atoms with van der Waals surface area (Å²) in [6, 6.07) is 11.5. The Morgan fingerprint density at radius 1 is 1.17 bits per heavy atom. The predicted molar refractivity (Wildman–Crippen MR) is 86.5 cm³/mol.